The van der Waals surface area contributed by atoms with Gasteiger partial charge >= 0.3 is 0 Å². The summed E-state index contributed by atoms with van der Waals surface area (Å²) >= 11 is 3.50. The fourth-order valence-electron chi connectivity index (χ4n) is 2.22. The van der Waals surface area contributed by atoms with Crippen LogP contribution in [0.1, 0.15) is 25.0 Å². The largest absolute Gasteiger partial charge is 0.389 e. The molecule has 0 unspecified atom stereocenters. The van der Waals surface area contributed by atoms with E-state index in [0.717, 1.165) is 22.3 Å². The van der Waals surface area contributed by atoms with Gasteiger partial charge in [0.25, 0.3) is 0 Å². The first-order chi connectivity index (χ1) is 8.89. The van der Waals surface area contributed by atoms with Crippen LogP contribution in [0, 0.1) is 0 Å². The van der Waals surface area contributed by atoms with Gasteiger partial charge in [-0.1, -0.05) is 6.07 Å². The smallest absolute Gasteiger partial charge is 0.152 e. The van der Waals surface area contributed by atoms with Crippen molar-refractivity contribution in [1.29, 1.82) is 0 Å². The van der Waals surface area contributed by atoms with Crippen molar-refractivity contribution in [2.24, 2.45) is 0 Å². The summed E-state index contributed by atoms with van der Waals surface area (Å²) in [7, 11) is -2.89. The van der Waals surface area contributed by atoms with Gasteiger partial charge in [0, 0.05) is 17.6 Å². The molecule has 0 bridgehead atoms. The predicted molar refractivity (Wildman–Crippen MR) is 80.3 cm³/mol. The average Bonchev–Trinajstić information content (AvgIpc) is 2.50. The minimum atomic E-state index is -2.89. The fourth-order valence-corrected chi connectivity index (χ4v) is 4.14. The zero-order valence-electron chi connectivity index (χ0n) is 10.8. The molecule has 19 heavy (non-hydrogen) atoms. The summed E-state index contributed by atoms with van der Waals surface area (Å²) in [5.74, 6) is 0.477. The normalized spacial score (nSPS) is 20.9. The third kappa shape index (κ3) is 3.70. The Morgan fingerprint density at radius 3 is 2.68 bits per heavy atom. The highest BCUT2D eigenvalue weighted by atomic mass is 79.9. The molecule has 2 rings (SSSR count). The first-order valence-electron chi connectivity index (χ1n) is 6.32. The first kappa shape index (κ1) is 14.8. The molecular weight excluding hydrogens is 330 g/mol. The molecule has 1 aromatic carbocycles. The van der Waals surface area contributed by atoms with Gasteiger partial charge in [-0.15, -0.1) is 0 Å². The van der Waals surface area contributed by atoms with Crippen LogP contribution in [0.2, 0.25) is 0 Å². The molecule has 1 atom stereocenters. The van der Waals surface area contributed by atoms with E-state index in [1.807, 2.05) is 18.2 Å². The van der Waals surface area contributed by atoms with Crippen LogP contribution in [0.4, 0.5) is 5.69 Å². The van der Waals surface area contributed by atoms with Crippen molar-refractivity contribution in [2.75, 3.05) is 29.5 Å². The number of aliphatic hydroxyl groups is 1. The maximum atomic E-state index is 11.6. The summed E-state index contributed by atoms with van der Waals surface area (Å²) in [6.07, 6.45) is 0.155. The maximum absolute atomic E-state index is 11.6. The summed E-state index contributed by atoms with van der Waals surface area (Å²) in [5, 5.41) is 9.55. The molecule has 0 aromatic heterocycles. The number of halogens is 1. The molecule has 4 nitrogen and oxygen atoms in total. The molecule has 1 heterocycles. The molecule has 1 aliphatic heterocycles. The number of aliphatic hydroxyl groups excluding tert-OH is 1. The zero-order valence-corrected chi connectivity index (χ0v) is 13.2. The average molecular weight is 348 g/mol. The monoisotopic (exact) mass is 347 g/mol. The van der Waals surface area contributed by atoms with E-state index in [9.17, 15) is 13.5 Å². The lowest BCUT2D eigenvalue weighted by Gasteiger charge is -2.24. The van der Waals surface area contributed by atoms with Crippen molar-refractivity contribution in [1.82, 2.24) is 0 Å². The molecule has 1 saturated heterocycles. The molecule has 0 spiro atoms. The Hall–Kier alpha value is -0.590. The second-order valence-corrected chi connectivity index (χ2v) is 8.04. The van der Waals surface area contributed by atoms with Gasteiger partial charge < -0.3 is 10.0 Å². The van der Waals surface area contributed by atoms with E-state index in [2.05, 4.69) is 20.8 Å². The zero-order chi connectivity index (χ0) is 14.0. The first-order valence-corrected chi connectivity index (χ1v) is 8.93. The highest BCUT2D eigenvalue weighted by molar-refractivity contribution is 9.10. The summed E-state index contributed by atoms with van der Waals surface area (Å²) < 4.78 is 24.1. The summed E-state index contributed by atoms with van der Waals surface area (Å²) in [6.45, 7) is 2.99. The lowest BCUT2D eigenvalue weighted by Crippen LogP contribution is -2.27. The number of rotatable bonds is 2. The van der Waals surface area contributed by atoms with E-state index in [0.29, 0.717) is 13.0 Å². The molecule has 106 valence electrons. The van der Waals surface area contributed by atoms with Crippen LogP contribution < -0.4 is 4.90 Å². The van der Waals surface area contributed by atoms with Gasteiger partial charge in [0.05, 0.1) is 23.3 Å². The van der Waals surface area contributed by atoms with E-state index >= 15 is 0 Å². The molecule has 0 saturated carbocycles. The summed E-state index contributed by atoms with van der Waals surface area (Å²) in [4.78, 5) is 2.08. The molecule has 1 aliphatic rings. The van der Waals surface area contributed by atoms with Gasteiger partial charge in [-0.2, -0.15) is 0 Å². The van der Waals surface area contributed by atoms with E-state index in [1.165, 1.54) is 0 Å². The Balaban J connectivity index is 2.22. The van der Waals surface area contributed by atoms with E-state index in [1.54, 1.807) is 6.92 Å². The molecule has 0 amide bonds. The fraction of sp³-hybridized carbons (Fsp3) is 0.538. The Labute approximate surface area is 122 Å². The third-order valence-corrected chi connectivity index (χ3v) is 5.70. The van der Waals surface area contributed by atoms with Crippen LogP contribution in [-0.2, 0) is 9.84 Å². The Morgan fingerprint density at radius 1 is 1.32 bits per heavy atom. The Morgan fingerprint density at radius 2 is 2.05 bits per heavy atom. The van der Waals surface area contributed by atoms with Gasteiger partial charge in [0.1, 0.15) is 0 Å². The van der Waals surface area contributed by atoms with Gasteiger partial charge in [-0.3, -0.25) is 0 Å². The quantitative estimate of drug-likeness (QED) is 0.890. The number of sulfone groups is 1. The minimum absolute atomic E-state index is 0.206. The van der Waals surface area contributed by atoms with Gasteiger partial charge in [0.15, 0.2) is 9.84 Å². The second-order valence-electron chi connectivity index (χ2n) is 4.88. The number of anilines is 1. The molecule has 0 radical (unpaired) electrons. The van der Waals surface area contributed by atoms with Crippen molar-refractivity contribution in [3.8, 4) is 0 Å². The third-order valence-electron chi connectivity index (χ3n) is 3.35. The second kappa shape index (κ2) is 5.81. The van der Waals surface area contributed by atoms with Crippen molar-refractivity contribution in [2.45, 2.75) is 19.4 Å². The molecule has 1 N–H and O–H groups in total. The number of hydrogen-bond acceptors (Lipinski definition) is 4. The minimum Gasteiger partial charge on any atom is -0.389 e. The van der Waals surface area contributed by atoms with Crippen LogP contribution >= 0.6 is 15.9 Å². The standard InChI is InChI=1S/C13H18BrNO3S/c1-10(16)11-3-4-13(12(14)9-11)15-5-2-7-19(17,18)8-6-15/h3-4,9-10,16H,2,5-8H2,1H3/t10-/m0/s1. The van der Waals surface area contributed by atoms with Crippen molar-refractivity contribution in [3.63, 3.8) is 0 Å². The molecule has 1 fully saturated rings. The van der Waals surface area contributed by atoms with Crippen LogP contribution in [-0.4, -0.2) is 38.1 Å². The van der Waals surface area contributed by atoms with Crippen molar-refractivity contribution < 1.29 is 13.5 Å². The van der Waals surface area contributed by atoms with Gasteiger partial charge in [0.2, 0.25) is 0 Å². The Bertz CT molecular complexity index is 557. The van der Waals surface area contributed by atoms with Crippen LogP contribution in [0.25, 0.3) is 0 Å². The van der Waals surface area contributed by atoms with E-state index < -0.39 is 15.9 Å². The molecule has 1 aromatic rings. The van der Waals surface area contributed by atoms with E-state index in [-0.39, 0.29) is 11.5 Å². The van der Waals surface area contributed by atoms with Crippen LogP contribution in [0.3, 0.4) is 0 Å². The maximum Gasteiger partial charge on any atom is 0.152 e. The summed E-state index contributed by atoms with van der Waals surface area (Å²) in [6, 6.07) is 5.70. The number of benzene rings is 1. The summed E-state index contributed by atoms with van der Waals surface area (Å²) in [5.41, 5.74) is 1.83. The predicted octanol–water partition coefficient (Wildman–Crippen LogP) is 2.13. The Kier molecular flexibility index (Phi) is 4.53. The highest BCUT2D eigenvalue weighted by Gasteiger charge is 2.20. The van der Waals surface area contributed by atoms with Gasteiger partial charge in [-0.05, 0) is 47.0 Å². The SMILES string of the molecule is C[C@H](O)c1ccc(N2CCCS(=O)(=O)CC2)c(Br)c1. The van der Waals surface area contributed by atoms with Crippen LogP contribution in [0.5, 0.6) is 0 Å². The molecule has 6 heteroatoms. The number of nitrogens with zero attached hydrogens (tertiary/aromatic N) is 1. The van der Waals surface area contributed by atoms with Crippen molar-refractivity contribution in [3.05, 3.63) is 28.2 Å². The molecule has 0 aliphatic carbocycles. The van der Waals surface area contributed by atoms with Gasteiger partial charge in [-0.25, -0.2) is 8.42 Å². The van der Waals surface area contributed by atoms with Crippen LogP contribution in [0.15, 0.2) is 22.7 Å². The highest BCUT2D eigenvalue weighted by Crippen LogP contribution is 2.30. The van der Waals surface area contributed by atoms with Crippen molar-refractivity contribution >= 4 is 31.5 Å². The topological polar surface area (TPSA) is 57.6 Å². The number of hydrogen-bond donors (Lipinski definition) is 1. The molecular formula is C13H18BrNO3S. The van der Waals surface area contributed by atoms with E-state index in [4.69, 9.17) is 0 Å². The lowest BCUT2D eigenvalue weighted by atomic mass is 10.1. The lowest BCUT2D eigenvalue weighted by molar-refractivity contribution is 0.199.